The third-order valence-corrected chi connectivity index (χ3v) is 4.98. The predicted molar refractivity (Wildman–Crippen MR) is 119 cm³/mol. The van der Waals surface area contributed by atoms with Crippen LogP contribution >= 0.6 is 0 Å². The van der Waals surface area contributed by atoms with Crippen molar-refractivity contribution < 1.29 is 28.4 Å². The normalized spacial score (nSPS) is 19.8. The van der Waals surface area contributed by atoms with Crippen LogP contribution in [-0.2, 0) is 18.9 Å². The quantitative estimate of drug-likeness (QED) is 0.260. The molecule has 2 fully saturated rings. The molecule has 31 heavy (non-hydrogen) atoms. The molecule has 2 atom stereocenters. The van der Waals surface area contributed by atoms with Gasteiger partial charge >= 0.3 is 0 Å². The Balaban J connectivity index is 1.18. The van der Waals surface area contributed by atoms with Gasteiger partial charge in [0.15, 0.2) is 0 Å². The monoisotopic (exact) mass is 426 g/mol. The minimum Gasteiger partial charge on any atom is -0.491 e. The first-order valence-electron chi connectivity index (χ1n) is 10.8. The summed E-state index contributed by atoms with van der Waals surface area (Å²) in [7, 11) is 0. The van der Waals surface area contributed by atoms with Crippen molar-refractivity contribution in [2.45, 2.75) is 19.1 Å². The van der Waals surface area contributed by atoms with Gasteiger partial charge in [-0.1, -0.05) is 30.3 Å². The van der Waals surface area contributed by atoms with E-state index in [0.29, 0.717) is 51.8 Å². The highest BCUT2D eigenvalue weighted by Crippen LogP contribution is 2.22. The van der Waals surface area contributed by atoms with Crippen molar-refractivity contribution in [2.24, 2.45) is 0 Å². The topological polar surface area (TPSA) is 62.0 Å². The lowest BCUT2D eigenvalue weighted by molar-refractivity contribution is 0.0878. The fraction of sp³-hybridized carbons (Fsp3) is 0.440. The molecule has 0 aromatic heterocycles. The Morgan fingerprint density at radius 2 is 1.26 bits per heavy atom. The first-order valence-corrected chi connectivity index (χ1v) is 10.8. The molecule has 0 N–H and O–H groups in total. The molecular formula is C25H30O6. The van der Waals surface area contributed by atoms with E-state index in [2.05, 4.69) is 37.3 Å². The molecular weight excluding hydrogens is 396 g/mol. The van der Waals surface area contributed by atoms with E-state index in [1.807, 2.05) is 24.3 Å². The number of ether oxygens (including phenoxy) is 6. The minimum atomic E-state index is 0.296. The molecule has 0 bridgehead atoms. The number of epoxide rings is 2. The molecule has 2 aliphatic heterocycles. The van der Waals surface area contributed by atoms with Crippen LogP contribution in [-0.4, -0.2) is 65.1 Å². The number of benzene rings is 2. The SMILES string of the molecule is C/C(=C/c1ccc(OCCOCC2CO2)cc1)c1ccc(OCCOCC2CO2)cc1. The molecule has 0 radical (unpaired) electrons. The van der Waals surface area contributed by atoms with E-state index in [1.54, 1.807) is 0 Å². The second-order valence-corrected chi connectivity index (χ2v) is 7.68. The maximum Gasteiger partial charge on any atom is 0.119 e. The second kappa shape index (κ2) is 11.3. The predicted octanol–water partition coefficient (Wildman–Crippen LogP) is 3.84. The van der Waals surface area contributed by atoms with Crippen LogP contribution in [0.15, 0.2) is 48.5 Å². The Kier molecular flexibility index (Phi) is 7.96. The van der Waals surface area contributed by atoms with Crippen molar-refractivity contribution in [3.63, 3.8) is 0 Å². The van der Waals surface area contributed by atoms with Gasteiger partial charge in [-0.25, -0.2) is 0 Å². The highest BCUT2D eigenvalue weighted by atomic mass is 16.6. The van der Waals surface area contributed by atoms with Gasteiger partial charge in [0.2, 0.25) is 0 Å². The van der Waals surface area contributed by atoms with Gasteiger partial charge < -0.3 is 28.4 Å². The lowest BCUT2D eigenvalue weighted by Crippen LogP contribution is -2.10. The van der Waals surface area contributed by atoms with Crippen LogP contribution in [0, 0.1) is 0 Å². The Bertz CT molecular complexity index is 822. The second-order valence-electron chi connectivity index (χ2n) is 7.68. The van der Waals surface area contributed by atoms with E-state index in [0.717, 1.165) is 35.8 Å². The summed E-state index contributed by atoms with van der Waals surface area (Å²) >= 11 is 0. The minimum absolute atomic E-state index is 0.296. The summed E-state index contributed by atoms with van der Waals surface area (Å²) in [6.45, 7) is 7.28. The molecule has 2 unspecified atom stereocenters. The summed E-state index contributed by atoms with van der Waals surface area (Å²) in [6, 6.07) is 16.2. The van der Waals surface area contributed by atoms with Crippen LogP contribution < -0.4 is 9.47 Å². The lowest BCUT2D eigenvalue weighted by Gasteiger charge is -2.09. The molecule has 2 heterocycles. The van der Waals surface area contributed by atoms with E-state index in [9.17, 15) is 0 Å². The van der Waals surface area contributed by atoms with Gasteiger partial charge in [0.05, 0.1) is 39.6 Å². The highest BCUT2D eigenvalue weighted by Gasteiger charge is 2.22. The van der Waals surface area contributed by atoms with Gasteiger partial charge in [0, 0.05) is 0 Å². The summed E-state index contributed by atoms with van der Waals surface area (Å²) in [5.74, 6) is 1.69. The van der Waals surface area contributed by atoms with Crippen molar-refractivity contribution in [3.8, 4) is 11.5 Å². The molecule has 2 aromatic rings. The zero-order valence-corrected chi connectivity index (χ0v) is 18.0. The summed E-state index contributed by atoms with van der Waals surface area (Å²) < 4.78 is 32.6. The fourth-order valence-corrected chi connectivity index (χ4v) is 3.00. The summed E-state index contributed by atoms with van der Waals surface area (Å²) in [4.78, 5) is 0. The van der Waals surface area contributed by atoms with E-state index < -0.39 is 0 Å². The van der Waals surface area contributed by atoms with Crippen LogP contribution in [0.25, 0.3) is 11.6 Å². The van der Waals surface area contributed by atoms with Crippen molar-refractivity contribution in [1.29, 1.82) is 0 Å². The molecule has 2 aromatic carbocycles. The van der Waals surface area contributed by atoms with Crippen LogP contribution in [0.2, 0.25) is 0 Å². The first-order chi connectivity index (χ1) is 15.3. The maximum absolute atomic E-state index is 5.72. The fourth-order valence-electron chi connectivity index (χ4n) is 3.00. The van der Waals surface area contributed by atoms with Crippen LogP contribution in [0.3, 0.4) is 0 Å². The largest absolute Gasteiger partial charge is 0.491 e. The Labute approximate surface area is 183 Å². The number of hydrogen-bond acceptors (Lipinski definition) is 6. The zero-order valence-electron chi connectivity index (χ0n) is 18.0. The molecule has 0 spiro atoms. The van der Waals surface area contributed by atoms with E-state index in [-0.39, 0.29) is 0 Å². The molecule has 2 aliphatic rings. The van der Waals surface area contributed by atoms with Crippen molar-refractivity contribution in [3.05, 3.63) is 59.7 Å². The van der Waals surface area contributed by atoms with Crippen molar-refractivity contribution >= 4 is 11.6 Å². The van der Waals surface area contributed by atoms with E-state index in [1.165, 1.54) is 5.57 Å². The molecule has 166 valence electrons. The number of rotatable bonds is 14. The van der Waals surface area contributed by atoms with E-state index >= 15 is 0 Å². The van der Waals surface area contributed by atoms with Gasteiger partial charge in [0.1, 0.15) is 36.9 Å². The first kappa shape index (κ1) is 21.8. The Morgan fingerprint density at radius 1 is 0.774 bits per heavy atom. The van der Waals surface area contributed by atoms with E-state index in [4.69, 9.17) is 28.4 Å². The highest BCUT2D eigenvalue weighted by molar-refractivity contribution is 5.80. The lowest BCUT2D eigenvalue weighted by atomic mass is 10.0. The standard InChI is InChI=1S/C25H30O6/c1-19(21-4-8-23(9-5-21)29-13-11-27-16-25-18-31-25)14-20-2-6-22(7-3-20)28-12-10-26-15-24-17-30-24/h2-9,14,24-25H,10-13,15-18H2,1H3/b19-14-. The molecule has 0 aliphatic carbocycles. The third-order valence-electron chi connectivity index (χ3n) is 4.98. The van der Waals surface area contributed by atoms with Gasteiger partial charge in [-0.3, -0.25) is 0 Å². The van der Waals surface area contributed by atoms with Crippen LogP contribution in [0.1, 0.15) is 18.1 Å². The third kappa shape index (κ3) is 7.99. The molecule has 4 rings (SSSR count). The zero-order chi connectivity index (χ0) is 21.3. The molecule has 6 nitrogen and oxygen atoms in total. The molecule has 0 amide bonds. The van der Waals surface area contributed by atoms with Crippen LogP contribution in [0.4, 0.5) is 0 Å². The Morgan fingerprint density at radius 3 is 1.74 bits per heavy atom. The number of allylic oxidation sites excluding steroid dienone is 1. The average Bonchev–Trinajstić information content (AvgIpc) is 3.70. The van der Waals surface area contributed by atoms with Crippen molar-refractivity contribution in [1.82, 2.24) is 0 Å². The van der Waals surface area contributed by atoms with Gasteiger partial charge in [-0.05, 0) is 47.9 Å². The molecule has 2 saturated heterocycles. The molecule has 0 saturated carbocycles. The smallest absolute Gasteiger partial charge is 0.119 e. The van der Waals surface area contributed by atoms with Gasteiger partial charge in [0.25, 0.3) is 0 Å². The Hall–Kier alpha value is -2.38. The summed E-state index contributed by atoms with van der Waals surface area (Å²) in [5, 5.41) is 0. The average molecular weight is 427 g/mol. The summed E-state index contributed by atoms with van der Waals surface area (Å²) in [5.41, 5.74) is 3.47. The number of hydrogen-bond donors (Lipinski definition) is 0. The van der Waals surface area contributed by atoms with Crippen molar-refractivity contribution in [2.75, 3.05) is 52.9 Å². The maximum atomic E-state index is 5.72. The summed E-state index contributed by atoms with van der Waals surface area (Å²) in [6.07, 6.45) is 2.75. The van der Waals surface area contributed by atoms with Gasteiger partial charge in [-0.2, -0.15) is 0 Å². The van der Waals surface area contributed by atoms with Crippen LogP contribution in [0.5, 0.6) is 11.5 Å². The molecule has 6 heteroatoms. The van der Waals surface area contributed by atoms with Gasteiger partial charge in [-0.15, -0.1) is 0 Å².